The summed E-state index contributed by atoms with van der Waals surface area (Å²) in [6.45, 7) is 0. The highest BCUT2D eigenvalue weighted by molar-refractivity contribution is 7.91. The third-order valence-electron chi connectivity index (χ3n) is 2.42. The van der Waals surface area contributed by atoms with Gasteiger partial charge in [-0.15, -0.1) is 10.2 Å². The number of allylic oxidation sites excluding steroid dienone is 1. The molecule has 8 nitrogen and oxygen atoms in total. The molecule has 108 valence electrons. The predicted octanol–water partition coefficient (Wildman–Crippen LogP) is 1.23. The van der Waals surface area contributed by atoms with Gasteiger partial charge in [0, 0.05) is 12.5 Å². The van der Waals surface area contributed by atoms with Crippen LogP contribution in [-0.2, 0) is 9.84 Å². The van der Waals surface area contributed by atoms with Crippen LogP contribution in [0.25, 0.3) is 5.57 Å². The Kier molecular flexibility index (Phi) is 4.21. The fraction of sp³-hybridized carbons (Fsp3) is 0.0909. The molecule has 2 rings (SSSR count). The number of tetrazole rings is 1. The minimum absolute atomic E-state index is 0.0479. The second-order valence-corrected chi connectivity index (χ2v) is 6.30. The topological polar surface area (TPSA) is 124 Å². The third-order valence-corrected chi connectivity index (χ3v) is 4.02. The molecular weight excluding hydrogens is 316 g/mol. The van der Waals surface area contributed by atoms with Crippen molar-refractivity contribution in [3.63, 3.8) is 0 Å². The van der Waals surface area contributed by atoms with E-state index in [1.165, 1.54) is 18.3 Å². The molecule has 21 heavy (non-hydrogen) atoms. The summed E-state index contributed by atoms with van der Waals surface area (Å²) in [6, 6.07) is 6.47. The molecule has 0 unspecified atom stereocenters. The summed E-state index contributed by atoms with van der Waals surface area (Å²) in [5, 5.41) is 24.8. The zero-order valence-corrected chi connectivity index (χ0v) is 12.3. The lowest BCUT2D eigenvalue weighted by Gasteiger charge is -2.09. The van der Waals surface area contributed by atoms with E-state index < -0.39 is 9.84 Å². The highest BCUT2D eigenvalue weighted by Gasteiger charge is 2.17. The highest BCUT2D eigenvalue weighted by atomic mass is 35.5. The first-order valence-electron chi connectivity index (χ1n) is 5.52. The van der Waals surface area contributed by atoms with E-state index in [4.69, 9.17) is 16.9 Å². The zero-order valence-electron chi connectivity index (χ0n) is 10.7. The molecule has 0 fully saturated rings. The summed E-state index contributed by atoms with van der Waals surface area (Å²) in [4.78, 5) is -0.0479. The summed E-state index contributed by atoms with van der Waals surface area (Å²) in [6.07, 6.45) is 2.33. The minimum Gasteiger partial charge on any atom is -0.359 e. The Hall–Kier alpha value is -2.44. The van der Waals surface area contributed by atoms with Gasteiger partial charge in [-0.1, -0.05) is 17.7 Å². The van der Waals surface area contributed by atoms with Crippen molar-refractivity contribution < 1.29 is 8.42 Å². The Labute approximate surface area is 125 Å². The van der Waals surface area contributed by atoms with Crippen LogP contribution in [0.1, 0.15) is 5.82 Å². The van der Waals surface area contributed by atoms with Gasteiger partial charge in [-0.3, -0.25) is 0 Å². The summed E-state index contributed by atoms with van der Waals surface area (Å²) < 4.78 is 23.5. The molecule has 0 bridgehead atoms. The van der Waals surface area contributed by atoms with Crippen LogP contribution in [0.2, 0.25) is 5.02 Å². The van der Waals surface area contributed by atoms with Gasteiger partial charge in [-0.05, 0) is 17.3 Å². The van der Waals surface area contributed by atoms with Crippen molar-refractivity contribution in [3.05, 3.63) is 35.2 Å². The first kappa shape index (κ1) is 15.0. The number of rotatable bonds is 4. The minimum atomic E-state index is -3.53. The molecule has 1 aromatic heterocycles. The van der Waals surface area contributed by atoms with Crippen LogP contribution in [0.15, 0.2) is 29.3 Å². The van der Waals surface area contributed by atoms with Gasteiger partial charge in [-0.2, -0.15) is 10.5 Å². The number of halogens is 1. The first-order valence-corrected chi connectivity index (χ1v) is 7.79. The molecule has 0 aliphatic rings. The Bertz CT molecular complexity index is 823. The summed E-state index contributed by atoms with van der Waals surface area (Å²) in [5.74, 6) is 0.0907. The van der Waals surface area contributed by atoms with Crippen molar-refractivity contribution in [1.29, 1.82) is 5.26 Å². The number of aromatic amines is 1. The molecule has 10 heteroatoms. The Morgan fingerprint density at radius 3 is 2.86 bits per heavy atom. The highest BCUT2D eigenvalue weighted by Crippen LogP contribution is 2.29. The third kappa shape index (κ3) is 3.36. The molecule has 0 saturated heterocycles. The number of H-pyrrole nitrogens is 1. The Balaban J connectivity index is 2.42. The molecule has 0 aliphatic carbocycles. The second kappa shape index (κ2) is 5.90. The summed E-state index contributed by atoms with van der Waals surface area (Å²) >= 11 is 5.92. The fourth-order valence-corrected chi connectivity index (χ4v) is 3.12. The maximum absolute atomic E-state index is 11.8. The van der Waals surface area contributed by atoms with E-state index in [0.29, 0.717) is 0 Å². The molecular formula is C11H9ClN6O2S. The van der Waals surface area contributed by atoms with E-state index in [1.807, 2.05) is 6.07 Å². The van der Waals surface area contributed by atoms with Crippen molar-refractivity contribution >= 4 is 32.7 Å². The van der Waals surface area contributed by atoms with E-state index in [9.17, 15) is 8.42 Å². The molecule has 0 saturated carbocycles. The normalized spacial score (nSPS) is 12.0. The number of benzene rings is 1. The van der Waals surface area contributed by atoms with Crippen molar-refractivity contribution in [3.8, 4) is 6.07 Å². The largest absolute Gasteiger partial charge is 0.359 e. The van der Waals surface area contributed by atoms with Crippen LogP contribution in [0.5, 0.6) is 0 Å². The van der Waals surface area contributed by atoms with Crippen LogP contribution in [0, 0.1) is 11.3 Å². The first-order chi connectivity index (χ1) is 9.93. The number of nitriles is 1. The average Bonchev–Trinajstić information content (AvgIpc) is 2.92. The van der Waals surface area contributed by atoms with Crippen LogP contribution >= 0.6 is 11.6 Å². The van der Waals surface area contributed by atoms with Crippen molar-refractivity contribution in [1.82, 2.24) is 20.6 Å². The molecule has 1 heterocycles. The van der Waals surface area contributed by atoms with E-state index in [-0.39, 0.29) is 27.0 Å². The van der Waals surface area contributed by atoms with E-state index in [0.717, 1.165) is 6.26 Å². The SMILES string of the molecule is CS(=O)(=O)c1c(Cl)cccc1NC=C(C#N)c1nn[nH]n1. The molecule has 0 radical (unpaired) electrons. The number of hydrogen-bond acceptors (Lipinski definition) is 7. The van der Waals surface area contributed by atoms with E-state index in [2.05, 4.69) is 25.9 Å². The monoisotopic (exact) mass is 324 g/mol. The lowest BCUT2D eigenvalue weighted by atomic mass is 10.3. The summed E-state index contributed by atoms with van der Waals surface area (Å²) in [7, 11) is -3.53. The quantitative estimate of drug-likeness (QED) is 0.810. The molecule has 0 atom stereocenters. The Morgan fingerprint density at radius 2 is 2.29 bits per heavy atom. The lowest BCUT2D eigenvalue weighted by molar-refractivity contribution is 0.602. The molecule has 0 aliphatic heterocycles. The van der Waals surface area contributed by atoms with Crippen molar-refractivity contribution in [2.24, 2.45) is 0 Å². The molecule has 0 spiro atoms. The van der Waals surface area contributed by atoms with Gasteiger partial charge in [0.25, 0.3) is 0 Å². The molecule has 2 N–H and O–H groups in total. The van der Waals surface area contributed by atoms with Crippen molar-refractivity contribution in [2.45, 2.75) is 4.90 Å². The van der Waals surface area contributed by atoms with Crippen LogP contribution in [0.3, 0.4) is 0 Å². The average molecular weight is 325 g/mol. The maximum Gasteiger partial charge on any atom is 0.216 e. The van der Waals surface area contributed by atoms with Crippen LogP contribution in [-0.4, -0.2) is 35.3 Å². The van der Waals surface area contributed by atoms with Gasteiger partial charge < -0.3 is 5.32 Å². The number of nitrogens with zero attached hydrogens (tertiary/aromatic N) is 4. The van der Waals surface area contributed by atoms with Crippen molar-refractivity contribution in [2.75, 3.05) is 11.6 Å². The number of nitrogens with one attached hydrogen (secondary N) is 2. The number of sulfone groups is 1. The van der Waals surface area contributed by atoms with Gasteiger partial charge in [0.2, 0.25) is 5.82 Å². The van der Waals surface area contributed by atoms with Gasteiger partial charge in [-0.25, -0.2) is 8.42 Å². The zero-order chi connectivity index (χ0) is 15.5. The fourth-order valence-electron chi connectivity index (χ4n) is 1.57. The lowest BCUT2D eigenvalue weighted by Crippen LogP contribution is -2.03. The molecule has 2 aromatic rings. The Morgan fingerprint density at radius 1 is 1.52 bits per heavy atom. The van der Waals surface area contributed by atoms with Crippen LogP contribution < -0.4 is 5.32 Å². The van der Waals surface area contributed by atoms with Gasteiger partial charge >= 0.3 is 0 Å². The number of aromatic nitrogens is 4. The molecule has 1 aromatic carbocycles. The number of anilines is 1. The van der Waals surface area contributed by atoms with Gasteiger partial charge in [0.15, 0.2) is 9.84 Å². The summed E-state index contributed by atoms with van der Waals surface area (Å²) in [5.41, 5.74) is 0.337. The smallest absolute Gasteiger partial charge is 0.216 e. The van der Waals surface area contributed by atoms with E-state index >= 15 is 0 Å². The number of hydrogen-bond donors (Lipinski definition) is 2. The van der Waals surface area contributed by atoms with E-state index in [1.54, 1.807) is 6.07 Å². The predicted molar refractivity (Wildman–Crippen MR) is 76.0 cm³/mol. The molecule has 0 amide bonds. The maximum atomic E-state index is 11.8. The second-order valence-electron chi connectivity index (χ2n) is 3.94. The standard InChI is InChI=1S/C11H9ClN6O2S/c1-21(19,20)10-8(12)3-2-4-9(10)14-6-7(5-13)11-15-17-18-16-11/h2-4,6,14H,1H3,(H,15,16,17,18). The van der Waals surface area contributed by atoms with Gasteiger partial charge in [0.1, 0.15) is 16.5 Å². The van der Waals surface area contributed by atoms with Gasteiger partial charge in [0.05, 0.1) is 10.7 Å². The van der Waals surface area contributed by atoms with Crippen LogP contribution in [0.4, 0.5) is 5.69 Å².